The molecule has 90 valence electrons. The SMILES string of the molecule is CC1=Cc2c(cccc2-c2c(Cl)cccc2Cl)C1. The van der Waals surface area contributed by atoms with Gasteiger partial charge in [0.05, 0.1) is 0 Å². The zero-order chi connectivity index (χ0) is 12.7. The first-order valence-corrected chi connectivity index (χ1v) is 6.66. The molecular weight excluding hydrogens is 263 g/mol. The predicted octanol–water partition coefficient (Wildman–Crippen LogP) is 5.62. The van der Waals surface area contributed by atoms with E-state index in [1.54, 1.807) is 0 Å². The van der Waals surface area contributed by atoms with Crippen LogP contribution in [0.5, 0.6) is 0 Å². The molecule has 0 unspecified atom stereocenters. The largest absolute Gasteiger partial charge is 0.0836 e. The Morgan fingerprint density at radius 3 is 2.33 bits per heavy atom. The second-order valence-electron chi connectivity index (χ2n) is 4.64. The third-order valence-corrected chi connectivity index (χ3v) is 3.92. The molecule has 0 atom stereocenters. The molecule has 2 heteroatoms. The number of hydrogen-bond donors (Lipinski definition) is 0. The lowest BCUT2D eigenvalue weighted by Crippen LogP contribution is -1.89. The third-order valence-electron chi connectivity index (χ3n) is 3.29. The molecule has 0 saturated heterocycles. The molecule has 0 saturated carbocycles. The number of benzene rings is 2. The van der Waals surface area contributed by atoms with E-state index in [9.17, 15) is 0 Å². The molecule has 0 spiro atoms. The monoisotopic (exact) mass is 274 g/mol. The van der Waals surface area contributed by atoms with Crippen molar-refractivity contribution in [1.82, 2.24) is 0 Å². The smallest absolute Gasteiger partial charge is 0.0499 e. The highest BCUT2D eigenvalue weighted by Gasteiger charge is 2.17. The van der Waals surface area contributed by atoms with E-state index in [0.29, 0.717) is 10.0 Å². The Morgan fingerprint density at radius 2 is 1.61 bits per heavy atom. The van der Waals surface area contributed by atoms with Crippen LogP contribution in [0.3, 0.4) is 0 Å². The number of fused-ring (bicyclic) bond motifs is 1. The third kappa shape index (κ3) is 1.86. The van der Waals surface area contributed by atoms with E-state index in [0.717, 1.165) is 17.5 Å². The minimum absolute atomic E-state index is 0.703. The summed E-state index contributed by atoms with van der Waals surface area (Å²) < 4.78 is 0. The Bertz CT molecular complexity index is 634. The van der Waals surface area contributed by atoms with Gasteiger partial charge < -0.3 is 0 Å². The van der Waals surface area contributed by atoms with Crippen molar-refractivity contribution in [3.63, 3.8) is 0 Å². The van der Waals surface area contributed by atoms with E-state index in [-0.39, 0.29) is 0 Å². The molecule has 0 fully saturated rings. The van der Waals surface area contributed by atoms with Crippen molar-refractivity contribution >= 4 is 29.3 Å². The molecule has 0 heterocycles. The molecule has 2 aromatic carbocycles. The van der Waals surface area contributed by atoms with Gasteiger partial charge in [0.1, 0.15) is 0 Å². The van der Waals surface area contributed by atoms with Crippen molar-refractivity contribution in [2.24, 2.45) is 0 Å². The quantitative estimate of drug-likeness (QED) is 0.633. The van der Waals surface area contributed by atoms with Crippen LogP contribution in [0.25, 0.3) is 17.2 Å². The first-order valence-electron chi connectivity index (χ1n) is 5.90. The van der Waals surface area contributed by atoms with Crippen LogP contribution in [-0.2, 0) is 6.42 Å². The van der Waals surface area contributed by atoms with Gasteiger partial charge in [0.15, 0.2) is 0 Å². The molecule has 1 aliphatic carbocycles. The molecule has 0 nitrogen and oxygen atoms in total. The molecule has 0 aliphatic heterocycles. The van der Waals surface area contributed by atoms with Crippen LogP contribution in [-0.4, -0.2) is 0 Å². The average molecular weight is 275 g/mol. The second kappa shape index (κ2) is 4.46. The Hall–Kier alpha value is -1.24. The van der Waals surface area contributed by atoms with Crippen LogP contribution < -0.4 is 0 Å². The standard InChI is InChI=1S/C16H12Cl2/c1-10-8-11-4-2-5-12(13(11)9-10)16-14(17)6-3-7-15(16)18/h2-7,9H,8H2,1H3. The Kier molecular flexibility index (Phi) is 2.93. The maximum atomic E-state index is 6.30. The van der Waals surface area contributed by atoms with E-state index >= 15 is 0 Å². The lowest BCUT2D eigenvalue weighted by molar-refractivity contribution is 1.20. The summed E-state index contributed by atoms with van der Waals surface area (Å²) in [5, 5.41) is 1.41. The van der Waals surface area contributed by atoms with Crippen molar-refractivity contribution in [1.29, 1.82) is 0 Å². The fraction of sp³-hybridized carbons (Fsp3) is 0.125. The van der Waals surface area contributed by atoms with E-state index in [4.69, 9.17) is 23.2 Å². The molecule has 0 aromatic heterocycles. The van der Waals surface area contributed by atoms with Crippen molar-refractivity contribution in [3.8, 4) is 11.1 Å². The van der Waals surface area contributed by atoms with Crippen LogP contribution in [0.4, 0.5) is 0 Å². The van der Waals surface area contributed by atoms with Gasteiger partial charge in [0.2, 0.25) is 0 Å². The Morgan fingerprint density at radius 1 is 0.944 bits per heavy atom. The van der Waals surface area contributed by atoms with Crippen molar-refractivity contribution < 1.29 is 0 Å². The number of hydrogen-bond acceptors (Lipinski definition) is 0. The van der Waals surface area contributed by atoms with Gasteiger partial charge >= 0.3 is 0 Å². The molecule has 2 aromatic rings. The van der Waals surface area contributed by atoms with Crippen LogP contribution in [0, 0.1) is 0 Å². The van der Waals surface area contributed by atoms with Crippen LogP contribution in [0.2, 0.25) is 10.0 Å². The fourth-order valence-electron chi connectivity index (χ4n) is 2.51. The van der Waals surface area contributed by atoms with Gasteiger partial charge in [-0.15, -0.1) is 0 Å². The molecule has 0 N–H and O–H groups in total. The van der Waals surface area contributed by atoms with Gasteiger partial charge in [0, 0.05) is 15.6 Å². The average Bonchev–Trinajstić information content (AvgIpc) is 2.70. The number of rotatable bonds is 1. The molecule has 18 heavy (non-hydrogen) atoms. The first-order chi connectivity index (χ1) is 8.66. The Labute approximate surface area is 117 Å². The summed E-state index contributed by atoms with van der Waals surface area (Å²) in [6.45, 7) is 2.15. The number of halogens is 2. The summed E-state index contributed by atoms with van der Waals surface area (Å²) in [5.74, 6) is 0. The minimum Gasteiger partial charge on any atom is -0.0836 e. The second-order valence-corrected chi connectivity index (χ2v) is 5.46. The van der Waals surface area contributed by atoms with Crippen LogP contribution in [0.1, 0.15) is 18.1 Å². The molecule has 3 rings (SSSR count). The topological polar surface area (TPSA) is 0 Å². The summed E-state index contributed by atoms with van der Waals surface area (Å²) in [6.07, 6.45) is 3.25. The zero-order valence-electron chi connectivity index (χ0n) is 10.0. The highest BCUT2D eigenvalue weighted by molar-refractivity contribution is 6.39. The Balaban J connectivity index is 2.29. The summed E-state index contributed by atoms with van der Waals surface area (Å²) in [7, 11) is 0. The highest BCUT2D eigenvalue weighted by atomic mass is 35.5. The zero-order valence-corrected chi connectivity index (χ0v) is 11.5. The van der Waals surface area contributed by atoms with Gasteiger partial charge in [-0.2, -0.15) is 0 Å². The summed E-state index contributed by atoms with van der Waals surface area (Å²) >= 11 is 12.6. The molecular formula is C16H12Cl2. The van der Waals surface area contributed by atoms with Gasteiger partial charge in [-0.05, 0) is 42.2 Å². The minimum atomic E-state index is 0.703. The lowest BCUT2D eigenvalue weighted by atomic mass is 9.97. The highest BCUT2D eigenvalue weighted by Crippen LogP contribution is 2.40. The summed E-state index contributed by atoms with van der Waals surface area (Å²) in [5.41, 5.74) is 6.04. The number of allylic oxidation sites excluding steroid dienone is 1. The maximum absolute atomic E-state index is 6.30. The summed E-state index contributed by atoms with van der Waals surface area (Å²) in [4.78, 5) is 0. The van der Waals surface area contributed by atoms with Crippen LogP contribution in [0.15, 0.2) is 42.0 Å². The predicted molar refractivity (Wildman–Crippen MR) is 79.3 cm³/mol. The van der Waals surface area contributed by atoms with Crippen LogP contribution >= 0.6 is 23.2 Å². The van der Waals surface area contributed by atoms with Gasteiger partial charge in [-0.25, -0.2) is 0 Å². The normalized spacial score (nSPS) is 13.4. The molecule has 1 aliphatic rings. The molecule has 0 amide bonds. The summed E-state index contributed by atoms with van der Waals surface area (Å²) in [6, 6.07) is 12.0. The van der Waals surface area contributed by atoms with E-state index in [2.05, 4.69) is 31.2 Å². The van der Waals surface area contributed by atoms with E-state index in [1.807, 2.05) is 18.2 Å². The van der Waals surface area contributed by atoms with Gasteiger partial charge in [-0.1, -0.05) is 59.1 Å². The lowest BCUT2D eigenvalue weighted by Gasteiger charge is -2.11. The van der Waals surface area contributed by atoms with Crippen molar-refractivity contribution in [3.05, 3.63) is 63.1 Å². The molecule has 0 bridgehead atoms. The van der Waals surface area contributed by atoms with Crippen molar-refractivity contribution in [2.45, 2.75) is 13.3 Å². The first kappa shape index (κ1) is 11.8. The van der Waals surface area contributed by atoms with Gasteiger partial charge in [0.25, 0.3) is 0 Å². The van der Waals surface area contributed by atoms with E-state index < -0.39 is 0 Å². The van der Waals surface area contributed by atoms with Crippen molar-refractivity contribution in [2.75, 3.05) is 0 Å². The van der Waals surface area contributed by atoms with Gasteiger partial charge in [-0.3, -0.25) is 0 Å². The molecule has 0 radical (unpaired) electrons. The fourth-order valence-corrected chi connectivity index (χ4v) is 3.11. The maximum Gasteiger partial charge on any atom is 0.0499 e. The van der Waals surface area contributed by atoms with E-state index in [1.165, 1.54) is 16.7 Å².